The third-order valence-electron chi connectivity index (χ3n) is 3.16. The lowest BCUT2D eigenvalue weighted by Crippen LogP contribution is -2.32. The largest absolute Gasteiger partial charge is 0.496 e. The van der Waals surface area contributed by atoms with E-state index in [2.05, 4.69) is 5.32 Å². The second kappa shape index (κ2) is 7.93. The molecule has 23 heavy (non-hydrogen) atoms. The number of hydrogen-bond donors (Lipinski definition) is 2. The summed E-state index contributed by atoms with van der Waals surface area (Å²) in [5.41, 5.74) is -0.0398. The molecule has 0 radical (unpaired) electrons. The highest BCUT2D eigenvalue weighted by Crippen LogP contribution is 2.24. The molecule has 1 aromatic rings. The Bertz CT molecular complexity index is 683. The summed E-state index contributed by atoms with van der Waals surface area (Å²) in [5, 5.41) is 10.8. The molecule has 0 heterocycles. The molecule has 0 unspecified atom stereocenters. The summed E-state index contributed by atoms with van der Waals surface area (Å²) >= 11 is 0. The van der Waals surface area contributed by atoms with Crippen molar-refractivity contribution in [3.05, 3.63) is 23.8 Å². The number of amides is 1. The Hall–Kier alpha value is -2.13. The average Bonchev–Trinajstić information content (AvgIpc) is 2.52. The molecule has 0 aliphatic carbocycles. The minimum absolute atomic E-state index is 0.0398. The van der Waals surface area contributed by atoms with Gasteiger partial charge in [-0.3, -0.25) is 9.59 Å². The number of nitrogens with one attached hydrogen (secondary N) is 1. The predicted octanol–water partition coefficient (Wildman–Crippen LogP) is 0.540. The van der Waals surface area contributed by atoms with Gasteiger partial charge in [0.25, 0.3) is 5.91 Å². The zero-order valence-electron chi connectivity index (χ0n) is 13.2. The predicted molar refractivity (Wildman–Crippen MR) is 83.1 cm³/mol. The zero-order valence-corrected chi connectivity index (χ0v) is 14.0. The molecule has 0 aliphatic heterocycles. The number of ether oxygens (including phenoxy) is 1. The normalized spacial score (nSPS) is 11.3. The van der Waals surface area contributed by atoms with Gasteiger partial charge in [0.1, 0.15) is 12.3 Å². The van der Waals surface area contributed by atoms with Crippen LogP contribution in [0.25, 0.3) is 0 Å². The molecule has 0 fully saturated rings. The van der Waals surface area contributed by atoms with Crippen molar-refractivity contribution in [2.45, 2.75) is 18.7 Å². The van der Waals surface area contributed by atoms with Gasteiger partial charge < -0.3 is 15.2 Å². The van der Waals surface area contributed by atoms with E-state index in [-0.39, 0.29) is 16.2 Å². The molecule has 1 aromatic carbocycles. The van der Waals surface area contributed by atoms with Crippen molar-refractivity contribution < 1.29 is 27.9 Å². The third-order valence-corrected chi connectivity index (χ3v) is 5.20. The van der Waals surface area contributed by atoms with Crippen LogP contribution < -0.4 is 10.1 Å². The Morgan fingerprint density at radius 3 is 2.35 bits per heavy atom. The summed E-state index contributed by atoms with van der Waals surface area (Å²) in [6.45, 7) is 3.45. The highest BCUT2D eigenvalue weighted by molar-refractivity contribution is 7.89. The second-order valence-corrected chi connectivity index (χ2v) is 6.47. The average molecular weight is 344 g/mol. The van der Waals surface area contributed by atoms with Crippen LogP contribution >= 0.6 is 0 Å². The lowest BCUT2D eigenvalue weighted by atomic mass is 10.2. The molecule has 0 saturated heterocycles. The van der Waals surface area contributed by atoms with E-state index in [4.69, 9.17) is 9.84 Å². The van der Waals surface area contributed by atoms with Gasteiger partial charge in [-0.1, -0.05) is 13.8 Å². The number of carboxylic acids is 1. The van der Waals surface area contributed by atoms with Gasteiger partial charge >= 0.3 is 5.97 Å². The van der Waals surface area contributed by atoms with E-state index in [0.29, 0.717) is 13.1 Å². The number of nitrogens with zero attached hydrogens (tertiary/aromatic N) is 1. The summed E-state index contributed by atoms with van der Waals surface area (Å²) in [6.07, 6.45) is 0. The maximum atomic E-state index is 12.5. The van der Waals surface area contributed by atoms with Crippen LogP contribution in [0.1, 0.15) is 24.2 Å². The van der Waals surface area contributed by atoms with E-state index in [1.807, 2.05) is 0 Å². The van der Waals surface area contributed by atoms with Crippen molar-refractivity contribution in [3.63, 3.8) is 0 Å². The molecular weight excluding hydrogens is 324 g/mol. The van der Waals surface area contributed by atoms with Crippen LogP contribution in [0.15, 0.2) is 23.1 Å². The highest BCUT2D eigenvalue weighted by atomic mass is 32.2. The lowest BCUT2D eigenvalue weighted by molar-refractivity contribution is -0.135. The molecule has 128 valence electrons. The molecule has 1 rings (SSSR count). The molecule has 8 nitrogen and oxygen atoms in total. The van der Waals surface area contributed by atoms with Crippen LogP contribution in [0.2, 0.25) is 0 Å². The Morgan fingerprint density at radius 1 is 1.26 bits per heavy atom. The fourth-order valence-corrected chi connectivity index (χ4v) is 3.47. The minimum Gasteiger partial charge on any atom is -0.496 e. The number of methoxy groups -OCH3 is 1. The van der Waals surface area contributed by atoms with Crippen LogP contribution in [0.4, 0.5) is 0 Å². The van der Waals surface area contributed by atoms with Gasteiger partial charge in [0.2, 0.25) is 10.0 Å². The van der Waals surface area contributed by atoms with Gasteiger partial charge in [-0.25, -0.2) is 8.42 Å². The molecule has 0 bridgehead atoms. The summed E-state index contributed by atoms with van der Waals surface area (Å²) in [4.78, 5) is 22.5. The maximum absolute atomic E-state index is 12.5. The first-order valence-corrected chi connectivity index (χ1v) is 8.40. The number of carbonyl (C=O) groups is 2. The molecule has 0 spiro atoms. The molecule has 0 aromatic heterocycles. The standard InChI is InChI=1S/C14H20N2O6S/c1-4-16(5-2)23(20,21)10-6-7-12(22-3)11(8-10)14(19)15-9-13(17)18/h6-8H,4-5,9H2,1-3H3,(H,15,19)(H,17,18). The molecule has 9 heteroatoms. The van der Waals surface area contributed by atoms with Crippen LogP contribution in [0, 0.1) is 0 Å². The number of sulfonamides is 1. The van der Waals surface area contributed by atoms with E-state index < -0.39 is 28.4 Å². The molecular formula is C14H20N2O6S. The Kier molecular flexibility index (Phi) is 6.52. The van der Waals surface area contributed by atoms with Gasteiger partial charge in [-0.2, -0.15) is 4.31 Å². The monoisotopic (exact) mass is 344 g/mol. The molecule has 0 saturated carbocycles. The Morgan fingerprint density at radius 2 is 1.87 bits per heavy atom. The van der Waals surface area contributed by atoms with E-state index >= 15 is 0 Å². The first-order chi connectivity index (χ1) is 10.8. The molecule has 0 aliphatic rings. The zero-order chi connectivity index (χ0) is 17.6. The maximum Gasteiger partial charge on any atom is 0.322 e. The fourth-order valence-electron chi connectivity index (χ4n) is 1.99. The number of benzene rings is 1. The molecule has 2 N–H and O–H groups in total. The van der Waals surface area contributed by atoms with Gasteiger partial charge in [-0.05, 0) is 18.2 Å². The third kappa shape index (κ3) is 4.42. The van der Waals surface area contributed by atoms with Gasteiger partial charge in [0.05, 0.1) is 17.6 Å². The highest BCUT2D eigenvalue weighted by Gasteiger charge is 2.24. The van der Waals surface area contributed by atoms with Crippen LogP contribution in [0.5, 0.6) is 5.75 Å². The molecule has 1 amide bonds. The van der Waals surface area contributed by atoms with Crippen LogP contribution in [-0.4, -0.2) is 56.5 Å². The summed E-state index contributed by atoms with van der Waals surface area (Å²) in [7, 11) is -2.40. The Balaban J connectivity index is 3.27. The summed E-state index contributed by atoms with van der Waals surface area (Å²) in [6, 6.07) is 3.90. The minimum atomic E-state index is -3.73. The first-order valence-electron chi connectivity index (χ1n) is 6.96. The van der Waals surface area contributed by atoms with Crippen molar-refractivity contribution in [1.29, 1.82) is 0 Å². The lowest BCUT2D eigenvalue weighted by Gasteiger charge is -2.19. The topological polar surface area (TPSA) is 113 Å². The SMILES string of the molecule is CCN(CC)S(=O)(=O)c1ccc(OC)c(C(=O)NCC(=O)O)c1. The number of hydrogen-bond acceptors (Lipinski definition) is 5. The van der Waals surface area contributed by atoms with E-state index in [1.54, 1.807) is 13.8 Å². The van der Waals surface area contributed by atoms with Gasteiger partial charge in [0.15, 0.2) is 0 Å². The number of carboxylic acid groups (broad SMARTS) is 1. The molecule has 0 atom stereocenters. The van der Waals surface area contributed by atoms with Crippen LogP contribution in [0.3, 0.4) is 0 Å². The number of carbonyl (C=O) groups excluding carboxylic acids is 1. The van der Waals surface area contributed by atoms with Crippen LogP contribution in [-0.2, 0) is 14.8 Å². The van der Waals surface area contributed by atoms with Crippen molar-refractivity contribution in [3.8, 4) is 5.75 Å². The van der Waals surface area contributed by atoms with Crippen molar-refractivity contribution in [2.75, 3.05) is 26.7 Å². The summed E-state index contributed by atoms with van der Waals surface area (Å²) in [5.74, 6) is -1.77. The van der Waals surface area contributed by atoms with Crippen molar-refractivity contribution >= 4 is 21.9 Å². The fraction of sp³-hybridized carbons (Fsp3) is 0.429. The smallest absolute Gasteiger partial charge is 0.322 e. The van der Waals surface area contributed by atoms with E-state index in [1.165, 1.54) is 29.6 Å². The van der Waals surface area contributed by atoms with E-state index in [0.717, 1.165) is 0 Å². The first kappa shape index (κ1) is 18.9. The summed E-state index contributed by atoms with van der Waals surface area (Å²) < 4.78 is 31.3. The van der Waals surface area contributed by atoms with Crippen molar-refractivity contribution in [2.24, 2.45) is 0 Å². The number of rotatable bonds is 8. The van der Waals surface area contributed by atoms with E-state index in [9.17, 15) is 18.0 Å². The Labute approximate surface area is 135 Å². The second-order valence-electron chi connectivity index (χ2n) is 4.53. The van der Waals surface area contributed by atoms with Gasteiger partial charge in [-0.15, -0.1) is 0 Å². The quantitative estimate of drug-likeness (QED) is 0.712. The van der Waals surface area contributed by atoms with Crippen molar-refractivity contribution in [1.82, 2.24) is 9.62 Å². The number of aliphatic carboxylic acids is 1. The van der Waals surface area contributed by atoms with Gasteiger partial charge in [0, 0.05) is 13.1 Å².